The molecule has 0 aromatic heterocycles. The molecule has 0 heterocycles. The summed E-state index contributed by atoms with van der Waals surface area (Å²) in [4.78, 5) is 23.6. The quantitative estimate of drug-likeness (QED) is 0.633. The number of nitrogens with zero attached hydrogens (tertiary/aromatic N) is 1. The highest BCUT2D eigenvalue weighted by molar-refractivity contribution is 5.77. The summed E-state index contributed by atoms with van der Waals surface area (Å²) in [7, 11) is 1.82. The minimum atomic E-state index is -0.792. The van der Waals surface area contributed by atoms with E-state index in [1.807, 2.05) is 11.9 Å². The van der Waals surface area contributed by atoms with Gasteiger partial charge in [-0.2, -0.15) is 0 Å². The second-order valence-corrected chi connectivity index (χ2v) is 4.77. The van der Waals surface area contributed by atoms with Crippen LogP contribution in [0.2, 0.25) is 0 Å². The molecule has 0 aliphatic carbocycles. The highest BCUT2D eigenvalue weighted by atomic mass is 16.4. The first kappa shape index (κ1) is 15.9. The summed E-state index contributed by atoms with van der Waals surface area (Å²) in [5.74, 6) is -0.202. The summed E-state index contributed by atoms with van der Waals surface area (Å²) in [6.07, 6.45) is 1.71. The average Bonchev–Trinajstić information content (AvgIpc) is 2.15. The maximum absolute atomic E-state index is 11.5. The fraction of sp³-hybridized carbons (Fsp3) is 0.833. The minimum Gasteiger partial charge on any atom is -0.481 e. The predicted molar refractivity (Wildman–Crippen MR) is 66.8 cm³/mol. The van der Waals surface area contributed by atoms with Crippen LogP contribution in [0.15, 0.2) is 0 Å². The van der Waals surface area contributed by atoms with Crippen molar-refractivity contribution < 1.29 is 14.7 Å². The molecule has 5 nitrogen and oxygen atoms in total. The molecule has 0 atom stereocenters. The van der Waals surface area contributed by atoms with Gasteiger partial charge in [0.1, 0.15) is 0 Å². The number of carbonyl (C=O) groups is 2. The Balaban J connectivity index is 3.55. The van der Waals surface area contributed by atoms with Gasteiger partial charge in [-0.25, -0.2) is 0 Å². The summed E-state index contributed by atoms with van der Waals surface area (Å²) >= 11 is 0. The lowest BCUT2D eigenvalue weighted by atomic mass is 10.1. The fourth-order valence-electron chi connectivity index (χ4n) is 1.38. The van der Waals surface area contributed by atoms with Crippen molar-refractivity contribution in [3.8, 4) is 0 Å². The third kappa shape index (κ3) is 11.2. The molecule has 2 N–H and O–H groups in total. The number of hydrogen-bond acceptors (Lipinski definition) is 3. The Hall–Kier alpha value is -1.10. The summed E-state index contributed by atoms with van der Waals surface area (Å²) in [5, 5.41) is 11.3. The van der Waals surface area contributed by atoms with Crippen molar-refractivity contribution in [2.75, 3.05) is 26.7 Å². The Labute approximate surface area is 103 Å². The van der Waals surface area contributed by atoms with Crippen LogP contribution in [0.3, 0.4) is 0 Å². The van der Waals surface area contributed by atoms with Gasteiger partial charge in [-0.1, -0.05) is 13.8 Å². The number of carbonyl (C=O) groups excluding carboxylic acids is 1. The lowest BCUT2D eigenvalue weighted by Crippen LogP contribution is -2.36. The minimum absolute atomic E-state index is 0.00322. The first-order chi connectivity index (χ1) is 7.91. The molecule has 0 bridgehead atoms. The normalized spacial score (nSPS) is 10.9. The number of amides is 1. The van der Waals surface area contributed by atoms with E-state index in [1.54, 1.807) is 0 Å². The molecule has 0 radical (unpaired) electrons. The van der Waals surface area contributed by atoms with E-state index in [2.05, 4.69) is 19.2 Å². The Bertz CT molecular complexity index is 242. The predicted octanol–water partition coefficient (Wildman–Crippen LogP) is 0.945. The number of likely N-dealkylation sites (N-methyl/N-ethyl adjacent to an activating group) is 1. The zero-order valence-electron chi connectivity index (χ0n) is 11.0. The van der Waals surface area contributed by atoms with E-state index in [0.717, 1.165) is 6.42 Å². The Kier molecular flexibility index (Phi) is 8.40. The van der Waals surface area contributed by atoms with Crippen LogP contribution in [0.1, 0.15) is 33.1 Å². The van der Waals surface area contributed by atoms with Crippen LogP contribution in [0, 0.1) is 5.92 Å². The molecule has 0 aliphatic rings. The topological polar surface area (TPSA) is 69.6 Å². The van der Waals surface area contributed by atoms with Crippen LogP contribution in [-0.4, -0.2) is 48.6 Å². The number of rotatable bonds is 9. The largest absolute Gasteiger partial charge is 0.481 e. The maximum Gasteiger partial charge on any atom is 0.303 e. The van der Waals surface area contributed by atoms with E-state index >= 15 is 0 Å². The third-order valence-electron chi connectivity index (χ3n) is 2.39. The monoisotopic (exact) mass is 244 g/mol. The van der Waals surface area contributed by atoms with E-state index in [4.69, 9.17) is 5.11 Å². The SMILES string of the molecule is CC(C)CCNC(=O)CN(C)CCCC(=O)O. The van der Waals surface area contributed by atoms with E-state index in [1.165, 1.54) is 0 Å². The van der Waals surface area contributed by atoms with Crippen molar-refractivity contribution in [1.29, 1.82) is 0 Å². The Morgan fingerprint density at radius 1 is 1.35 bits per heavy atom. The standard InChI is InChI=1S/C12H24N2O3/c1-10(2)6-7-13-11(15)9-14(3)8-4-5-12(16)17/h10H,4-9H2,1-3H3,(H,13,15)(H,16,17). The van der Waals surface area contributed by atoms with Crippen molar-refractivity contribution in [1.82, 2.24) is 10.2 Å². The van der Waals surface area contributed by atoms with Crippen LogP contribution < -0.4 is 5.32 Å². The lowest BCUT2D eigenvalue weighted by molar-refractivity contribution is -0.137. The summed E-state index contributed by atoms with van der Waals surface area (Å²) in [6, 6.07) is 0. The third-order valence-corrected chi connectivity index (χ3v) is 2.39. The van der Waals surface area contributed by atoms with E-state index in [9.17, 15) is 9.59 Å². The van der Waals surface area contributed by atoms with Gasteiger partial charge < -0.3 is 10.4 Å². The van der Waals surface area contributed by atoms with Gasteiger partial charge in [0.15, 0.2) is 0 Å². The molecule has 0 spiro atoms. The lowest BCUT2D eigenvalue weighted by Gasteiger charge is -2.15. The maximum atomic E-state index is 11.5. The number of hydrogen-bond donors (Lipinski definition) is 2. The van der Waals surface area contributed by atoms with Gasteiger partial charge in [0.25, 0.3) is 0 Å². The summed E-state index contributed by atoms with van der Waals surface area (Å²) in [6.45, 7) is 5.90. The van der Waals surface area contributed by atoms with Crippen LogP contribution >= 0.6 is 0 Å². The molecule has 17 heavy (non-hydrogen) atoms. The van der Waals surface area contributed by atoms with Crippen LogP contribution in [0.25, 0.3) is 0 Å². The molecule has 0 saturated heterocycles. The molecule has 0 aromatic rings. The second-order valence-electron chi connectivity index (χ2n) is 4.77. The fourth-order valence-corrected chi connectivity index (χ4v) is 1.38. The molecule has 100 valence electrons. The van der Waals surface area contributed by atoms with Crippen molar-refractivity contribution in [3.05, 3.63) is 0 Å². The molecular formula is C12H24N2O3. The van der Waals surface area contributed by atoms with Gasteiger partial charge in [-0.05, 0) is 32.4 Å². The van der Waals surface area contributed by atoms with Gasteiger partial charge in [-0.15, -0.1) is 0 Å². The van der Waals surface area contributed by atoms with Crippen LogP contribution in [-0.2, 0) is 9.59 Å². The highest BCUT2D eigenvalue weighted by Gasteiger charge is 2.06. The summed E-state index contributed by atoms with van der Waals surface area (Å²) in [5.41, 5.74) is 0. The van der Waals surface area contributed by atoms with Crippen molar-refractivity contribution in [2.24, 2.45) is 5.92 Å². The molecule has 0 rings (SSSR count). The zero-order valence-corrected chi connectivity index (χ0v) is 11.0. The summed E-state index contributed by atoms with van der Waals surface area (Å²) < 4.78 is 0. The number of carboxylic acid groups (broad SMARTS) is 1. The number of aliphatic carboxylic acids is 1. The van der Waals surface area contributed by atoms with Crippen LogP contribution in [0.4, 0.5) is 0 Å². The van der Waals surface area contributed by atoms with E-state index < -0.39 is 5.97 Å². The van der Waals surface area contributed by atoms with Gasteiger partial charge in [0.05, 0.1) is 6.54 Å². The Morgan fingerprint density at radius 3 is 2.53 bits per heavy atom. The van der Waals surface area contributed by atoms with Gasteiger partial charge >= 0.3 is 5.97 Å². The zero-order chi connectivity index (χ0) is 13.3. The molecule has 0 saturated carbocycles. The van der Waals surface area contributed by atoms with E-state index in [0.29, 0.717) is 32.0 Å². The van der Waals surface area contributed by atoms with Crippen LogP contribution in [0.5, 0.6) is 0 Å². The second kappa shape index (κ2) is 8.98. The average molecular weight is 244 g/mol. The van der Waals surface area contributed by atoms with Gasteiger partial charge in [0.2, 0.25) is 5.91 Å². The van der Waals surface area contributed by atoms with Crippen molar-refractivity contribution >= 4 is 11.9 Å². The van der Waals surface area contributed by atoms with Gasteiger partial charge in [0, 0.05) is 13.0 Å². The van der Waals surface area contributed by atoms with Gasteiger partial charge in [-0.3, -0.25) is 14.5 Å². The van der Waals surface area contributed by atoms with Crippen molar-refractivity contribution in [2.45, 2.75) is 33.1 Å². The molecular weight excluding hydrogens is 220 g/mol. The Morgan fingerprint density at radius 2 is 2.00 bits per heavy atom. The highest BCUT2D eigenvalue weighted by Crippen LogP contribution is 1.96. The molecule has 0 aromatic carbocycles. The first-order valence-electron chi connectivity index (χ1n) is 6.09. The number of carboxylic acids is 1. The first-order valence-corrected chi connectivity index (χ1v) is 6.09. The molecule has 0 unspecified atom stereocenters. The van der Waals surface area contributed by atoms with E-state index in [-0.39, 0.29) is 12.3 Å². The molecule has 0 aliphatic heterocycles. The molecule has 5 heteroatoms. The van der Waals surface area contributed by atoms with Crippen molar-refractivity contribution in [3.63, 3.8) is 0 Å². The molecule has 1 amide bonds. The molecule has 0 fully saturated rings. The smallest absolute Gasteiger partial charge is 0.303 e. The number of nitrogens with one attached hydrogen (secondary N) is 1.